The molecular weight excluding hydrogens is 358 g/mol. The number of hydrogen-bond acceptors (Lipinski definition) is 3. The first-order chi connectivity index (χ1) is 14.3. The van der Waals surface area contributed by atoms with Crippen molar-refractivity contribution in [1.29, 1.82) is 0 Å². The number of anilines is 2. The standard InChI is InChI=1S/C25H27N3O/c29-25(24(20-11-5-3-6-12-20)21-13-7-4-8-14-21)27-22-15-16-23(26-19-22)28-17-9-1-2-10-18-28/h3-8,11-16,19,24H,1-2,9-10,17-18H2,(H,27,29). The molecule has 1 aromatic heterocycles. The van der Waals surface area contributed by atoms with E-state index in [0.717, 1.165) is 35.7 Å². The highest BCUT2D eigenvalue weighted by atomic mass is 16.1. The molecule has 148 valence electrons. The second kappa shape index (κ2) is 9.37. The smallest absolute Gasteiger partial charge is 0.236 e. The Morgan fingerprint density at radius 2 is 1.38 bits per heavy atom. The minimum absolute atomic E-state index is 0.0493. The summed E-state index contributed by atoms with van der Waals surface area (Å²) in [5.74, 6) is 0.585. The van der Waals surface area contributed by atoms with Crippen LogP contribution in [0.25, 0.3) is 0 Å². The maximum absolute atomic E-state index is 13.2. The minimum Gasteiger partial charge on any atom is -0.357 e. The molecule has 0 radical (unpaired) electrons. The van der Waals surface area contributed by atoms with Crippen molar-refractivity contribution in [2.24, 2.45) is 0 Å². The third-order valence-corrected chi connectivity index (χ3v) is 5.47. The zero-order valence-electron chi connectivity index (χ0n) is 16.6. The molecule has 0 saturated carbocycles. The molecule has 1 amide bonds. The van der Waals surface area contributed by atoms with Gasteiger partial charge >= 0.3 is 0 Å². The van der Waals surface area contributed by atoms with Gasteiger partial charge in [-0.25, -0.2) is 4.98 Å². The Morgan fingerprint density at radius 3 is 1.90 bits per heavy atom. The first-order valence-corrected chi connectivity index (χ1v) is 10.4. The minimum atomic E-state index is -0.359. The van der Waals surface area contributed by atoms with Crippen LogP contribution in [0.2, 0.25) is 0 Å². The van der Waals surface area contributed by atoms with Crippen LogP contribution in [0, 0.1) is 0 Å². The van der Waals surface area contributed by atoms with Gasteiger partial charge in [0.25, 0.3) is 0 Å². The summed E-state index contributed by atoms with van der Waals surface area (Å²) in [6.07, 6.45) is 6.80. The number of carbonyl (C=O) groups is 1. The van der Waals surface area contributed by atoms with Crippen LogP contribution in [-0.4, -0.2) is 24.0 Å². The monoisotopic (exact) mass is 385 g/mol. The predicted molar refractivity (Wildman–Crippen MR) is 118 cm³/mol. The maximum atomic E-state index is 13.2. The van der Waals surface area contributed by atoms with E-state index in [9.17, 15) is 4.79 Å². The third kappa shape index (κ3) is 4.83. The fourth-order valence-corrected chi connectivity index (χ4v) is 3.95. The molecule has 0 aliphatic carbocycles. The van der Waals surface area contributed by atoms with E-state index in [0.29, 0.717) is 0 Å². The van der Waals surface area contributed by atoms with Crippen LogP contribution in [-0.2, 0) is 4.79 Å². The second-order valence-electron chi connectivity index (χ2n) is 7.55. The number of benzene rings is 2. The molecule has 1 fully saturated rings. The van der Waals surface area contributed by atoms with Crippen molar-refractivity contribution < 1.29 is 4.79 Å². The van der Waals surface area contributed by atoms with Crippen molar-refractivity contribution in [2.45, 2.75) is 31.6 Å². The Labute approximate surface area is 172 Å². The van der Waals surface area contributed by atoms with Crippen LogP contribution >= 0.6 is 0 Å². The van der Waals surface area contributed by atoms with Gasteiger partial charge in [-0.2, -0.15) is 0 Å². The SMILES string of the molecule is O=C(Nc1ccc(N2CCCCCC2)nc1)C(c1ccccc1)c1ccccc1. The lowest BCUT2D eigenvalue weighted by Crippen LogP contribution is -2.25. The van der Waals surface area contributed by atoms with E-state index in [4.69, 9.17) is 0 Å². The normalized spacial score (nSPS) is 14.4. The first-order valence-electron chi connectivity index (χ1n) is 10.4. The summed E-state index contributed by atoms with van der Waals surface area (Å²) >= 11 is 0. The van der Waals surface area contributed by atoms with E-state index in [-0.39, 0.29) is 11.8 Å². The van der Waals surface area contributed by atoms with Gasteiger partial charge in [0.15, 0.2) is 0 Å². The molecule has 1 aliphatic heterocycles. The van der Waals surface area contributed by atoms with Crippen LogP contribution in [0.1, 0.15) is 42.7 Å². The second-order valence-corrected chi connectivity index (χ2v) is 7.55. The summed E-state index contributed by atoms with van der Waals surface area (Å²) in [4.78, 5) is 20.2. The van der Waals surface area contributed by atoms with E-state index >= 15 is 0 Å². The maximum Gasteiger partial charge on any atom is 0.236 e. The zero-order valence-corrected chi connectivity index (χ0v) is 16.6. The van der Waals surface area contributed by atoms with Crippen LogP contribution in [0.4, 0.5) is 11.5 Å². The summed E-state index contributed by atoms with van der Waals surface area (Å²) in [7, 11) is 0. The van der Waals surface area contributed by atoms with E-state index in [1.165, 1.54) is 25.7 Å². The molecule has 2 heterocycles. The highest BCUT2D eigenvalue weighted by molar-refractivity contribution is 5.98. The Bertz CT molecular complexity index is 862. The average molecular weight is 386 g/mol. The summed E-state index contributed by atoms with van der Waals surface area (Å²) in [6.45, 7) is 2.12. The summed E-state index contributed by atoms with van der Waals surface area (Å²) in [5.41, 5.74) is 2.68. The van der Waals surface area contributed by atoms with Crippen molar-refractivity contribution in [2.75, 3.05) is 23.3 Å². The highest BCUT2D eigenvalue weighted by Crippen LogP contribution is 2.26. The Balaban J connectivity index is 1.52. The average Bonchev–Trinajstić information content (AvgIpc) is 3.06. The Morgan fingerprint density at radius 1 is 0.793 bits per heavy atom. The van der Waals surface area contributed by atoms with Crippen molar-refractivity contribution in [1.82, 2.24) is 4.98 Å². The van der Waals surface area contributed by atoms with Crippen molar-refractivity contribution >= 4 is 17.4 Å². The molecule has 1 saturated heterocycles. The van der Waals surface area contributed by atoms with E-state index in [1.807, 2.05) is 72.8 Å². The van der Waals surface area contributed by atoms with Crippen LogP contribution in [0.15, 0.2) is 79.0 Å². The largest absolute Gasteiger partial charge is 0.357 e. The lowest BCUT2D eigenvalue weighted by Gasteiger charge is -2.22. The molecule has 4 nitrogen and oxygen atoms in total. The lowest BCUT2D eigenvalue weighted by molar-refractivity contribution is -0.116. The van der Waals surface area contributed by atoms with Gasteiger partial charge < -0.3 is 10.2 Å². The predicted octanol–water partition coefficient (Wildman–Crippen LogP) is 5.23. The molecule has 0 unspecified atom stereocenters. The topological polar surface area (TPSA) is 45.2 Å². The first kappa shape index (κ1) is 19.2. The quantitative estimate of drug-likeness (QED) is 0.654. The zero-order chi connectivity index (χ0) is 19.9. The molecule has 3 aromatic rings. The van der Waals surface area contributed by atoms with Gasteiger partial charge in [-0.15, -0.1) is 0 Å². The lowest BCUT2D eigenvalue weighted by atomic mass is 9.90. The number of nitrogens with zero attached hydrogens (tertiary/aromatic N) is 2. The molecule has 0 atom stereocenters. The van der Waals surface area contributed by atoms with Crippen molar-refractivity contribution in [3.05, 3.63) is 90.1 Å². The van der Waals surface area contributed by atoms with Gasteiger partial charge in [-0.1, -0.05) is 73.5 Å². The van der Waals surface area contributed by atoms with Gasteiger partial charge in [-0.3, -0.25) is 4.79 Å². The van der Waals surface area contributed by atoms with Crippen LogP contribution in [0.5, 0.6) is 0 Å². The summed E-state index contributed by atoms with van der Waals surface area (Å²) < 4.78 is 0. The molecular formula is C25H27N3O. The van der Waals surface area contributed by atoms with Gasteiger partial charge in [0.2, 0.25) is 5.91 Å². The van der Waals surface area contributed by atoms with Gasteiger partial charge in [0.1, 0.15) is 5.82 Å². The molecule has 1 aliphatic rings. The van der Waals surface area contributed by atoms with Crippen LogP contribution < -0.4 is 10.2 Å². The van der Waals surface area contributed by atoms with E-state index in [1.54, 1.807) is 6.20 Å². The number of nitrogens with one attached hydrogen (secondary N) is 1. The van der Waals surface area contributed by atoms with Crippen molar-refractivity contribution in [3.63, 3.8) is 0 Å². The Hall–Kier alpha value is -3.14. The van der Waals surface area contributed by atoms with E-state index in [2.05, 4.69) is 15.2 Å². The number of amides is 1. The van der Waals surface area contributed by atoms with Gasteiger partial charge in [0, 0.05) is 13.1 Å². The molecule has 0 spiro atoms. The number of hydrogen-bond donors (Lipinski definition) is 1. The van der Waals surface area contributed by atoms with Crippen molar-refractivity contribution in [3.8, 4) is 0 Å². The van der Waals surface area contributed by atoms with Gasteiger partial charge in [-0.05, 0) is 36.1 Å². The molecule has 2 aromatic carbocycles. The molecule has 1 N–H and O–H groups in total. The molecule has 4 rings (SSSR count). The summed E-state index contributed by atoms with van der Waals surface area (Å²) in [5, 5.41) is 3.06. The number of aromatic nitrogens is 1. The van der Waals surface area contributed by atoms with Crippen LogP contribution in [0.3, 0.4) is 0 Å². The number of pyridine rings is 1. The molecule has 4 heteroatoms. The number of carbonyl (C=O) groups excluding carboxylic acids is 1. The number of rotatable bonds is 5. The fraction of sp³-hybridized carbons (Fsp3) is 0.280. The Kier molecular flexibility index (Phi) is 6.20. The van der Waals surface area contributed by atoms with Gasteiger partial charge in [0.05, 0.1) is 17.8 Å². The molecule has 0 bridgehead atoms. The third-order valence-electron chi connectivity index (χ3n) is 5.47. The summed E-state index contributed by atoms with van der Waals surface area (Å²) in [6, 6.07) is 23.8. The van der Waals surface area contributed by atoms with E-state index < -0.39 is 0 Å². The molecule has 29 heavy (non-hydrogen) atoms. The highest BCUT2D eigenvalue weighted by Gasteiger charge is 2.22. The fourth-order valence-electron chi connectivity index (χ4n) is 3.95.